The van der Waals surface area contributed by atoms with Crippen molar-refractivity contribution < 1.29 is 0 Å². The number of nitrogens with one attached hydrogen (secondary N) is 1. The Kier molecular flexibility index (Phi) is 3.67. The van der Waals surface area contributed by atoms with E-state index in [1.807, 2.05) is 6.07 Å². The molecule has 13 heavy (non-hydrogen) atoms. The second-order valence-electron chi connectivity index (χ2n) is 2.95. The maximum atomic E-state index is 11.2. The van der Waals surface area contributed by atoms with Gasteiger partial charge in [-0.15, -0.1) is 0 Å². The van der Waals surface area contributed by atoms with Crippen LogP contribution in [0.4, 0.5) is 0 Å². The number of nitrogens with two attached hydrogens (primary N) is 1. The van der Waals surface area contributed by atoms with Crippen molar-refractivity contribution in [3.63, 3.8) is 0 Å². The smallest absolute Gasteiger partial charge is 0.250 e. The molecule has 4 nitrogen and oxygen atoms in total. The second kappa shape index (κ2) is 4.79. The Morgan fingerprint density at radius 1 is 1.62 bits per heavy atom. The third-order valence-electron chi connectivity index (χ3n) is 1.82. The highest BCUT2D eigenvalue weighted by molar-refractivity contribution is 5.10. The first-order valence-electron chi connectivity index (χ1n) is 4.30. The Labute approximate surface area is 77.4 Å². The summed E-state index contributed by atoms with van der Waals surface area (Å²) in [5.74, 6) is 0. The van der Waals surface area contributed by atoms with Crippen LogP contribution in [0.15, 0.2) is 23.1 Å². The molecule has 72 valence electrons. The van der Waals surface area contributed by atoms with Crippen LogP contribution in [0.25, 0.3) is 0 Å². The van der Waals surface area contributed by atoms with Crippen molar-refractivity contribution >= 4 is 0 Å². The molecule has 0 aliphatic heterocycles. The van der Waals surface area contributed by atoms with Gasteiger partial charge in [0.2, 0.25) is 0 Å². The average molecular weight is 181 g/mol. The van der Waals surface area contributed by atoms with Crippen molar-refractivity contribution in [1.82, 2.24) is 9.88 Å². The van der Waals surface area contributed by atoms with Gasteiger partial charge in [0.15, 0.2) is 0 Å². The highest BCUT2D eigenvalue weighted by Crippen LogP contribution is 1.92. The highest BCUT2D eigenvalue weighted by atomic mass is 16.1. The van der Waals surface area contributed by atoms with Gasteiger partial charge in [0.25, 0.3) is 5.56 Å². The molecule has 0 aliphatic rings. The quantitative estimate of drug-likeness (QED) is 0.612. The molecule has 3 N–H and O–H groups in total. The molecule has 4 heteroatoms. The molecule has 0 saturated heterocycles. The molecule has 1 rings (SSSR count). The maximum Gasteiger partial charge on any atom is 0.250 e. The molecule has 0 atom stereocenters. The van der Waals surface area contributed by atoms with Crippen LogP contribution in [0.2, 0.25) is 0 Å². The van der Waals surface area contributed by atoms with Crippen LogP contribution in [0.5, 0.6) is 0 Å². The van der Waals surface area contributed by atoms with E-state index >= 15 is 0 Å². The van der Waals surface area contributed by atoms with Crippen LogP contribution in [0.3, 0.4) is 0 Å². The van der Waals surface area contributed by atoms with Crippen LogP contribution in [0.1, 0.15) is 5.56 Å². The minimum absolute atomic E-state index is 0.0204. The van der Waals surface area contributed by atoms with Crippen LogP contribution < -0.4 is 16.6 Å². The average Bonchev–Trinajstić information content (AvgIpc) is 2.12. The van der Waals surface area contributed by atoms with Gasteiger partial charge >= 0.3 is 0 Å². The molecule has 0 aromatic carbocycles. The summed E-state index contributed by atoms with van der Waals surface area (Å²) in [6.07, 6.45) is 1.77. The fraction of sp³-hybridized carbons (Fsp3) is 0.444. The summed E-state index contributed by atoms with van der Waals surface area (Å²) < 4.78 is 1.55. The lowest BCUT2D eigenvalue weighted by atomic mass is 10.2. The second-order valence-corrected chi connectivity index (χ2v) is 2.95. The molecule has 1 heterocycles. The minimum atomic E-state index is 0.0204. The molecule has 0 radical (unpaired) electrons. The standard InChI is InChI=1S/C9H15N3O/c1-12-5-2-8(6-9(12)13)7-11-4-3-10/h2,5-6,11H,3-4,7,10H2,1H3. The molecule has 0 unspecified atom stereocenters. The zero-order chi connectivity index (χ0) is 9.68. The van der Waals surface area contributed by atoms with Crippen molar-refractivity contribution in [3.8, 4) is 0 Å². The molecule has 0 amide bonds. The number of hydrogen-bond acceptors (Lipinski definition) is 3. The number of nitrogens with zero attached hydrogens (tertiary/aromatic N) is 1. The van der Waals surface area contributed by atoms with Crippen LogP contribution in [-0.4, -0.2) is 17.7 Å². The third-order valence-corrected chi connectivity index (χ3v) is 1.82. The van der Waals surface area contributed by atoms with Gasteiger partial charge in [0, 0.05) is 38.9 Å². The Morgan fingerprint density at radius 2 is 2.38 bits per heavy atom. The summed E-state index contributed by atoms with van der Waals surface area (Å²) in [5, 5.41) is 3.12. The molecule has 0 saturated carbocycles. The summed E-state index contributed by atoms with van der Waals surface area (Å²) in [6.45, 7) is 2.09. The van der Waals surface area contributed by atoms with Crippen molar-refractivity contribution in [1.29, 1.82) is 0 Å². The largest absolute Gasteiger partial charge is 0.329 e. The molecule has 0 bridgehead atoms. The van der Waals surface area contributed by atoms with E-state index in [1.165, 1.54) is 0 Å². The number of rotatable bonds is 4. The fourth-order valence-corrected chi connectivity index (χ4v) is 1.03. The van der Waals surface area contributed by atoms with Gasteiger partial charge in [-0.3, -0.25) is 4.79 Å². The summed E-state index contributed by atoms with van der Waals surface area (Å²) in [5.41, 5.74) is 6.34. The van der Waals surface area contributed by atoms with Crippen molar-refractivity contribution in [2.45, 2.75) is 6.54 Å². The summed E-state index contributed by atoms with van der Waals surface area (Å²) in [6, 6.07) is 3.55. The zero-order valence-electron chi connectivity index (χ0n) is 7.79. The summed E-state index contributed by atoms with van der Waals surface area (Å²) in [4.78, 5) is 11.2. The van der Waals surface area contributed by atoms with Crippen LogP contribution in [-0.2, 0) is 13.6 Å². The molecular weight excluding hydrogens is 166 g/mol. The maximum absolute atomic E-state index is 11.2. The molecule has 1 aromatic heterocycles. The highest BCUT2D eigenvalue weighted by Gasteiger charge is 1.94. The lowest BCUT2D eigenvalue weighted by Crippen LogP contribution is -2.23. The van der Waals surface area contributed by atoms with E-state index < -0.39 is 0 Å². The van der Waals surface area contributed by atoms with Gasteiger partial charge in [-0.05, 0) is 11.6 Å². The molecule has 0 fully saturated rings. The van der Waals surface area contributed by atoms with Gasteiger partial charge in [-0.1, -0.05) is 0 Å². The normalized spacial score (nSPS) is 10.3. The molecule has 0 aliphatic carbocycles. The number of hydrogen-bond donors (Lipinski definition) is 2. The lowest BCUT2D eigenvalue weighted by Gasteiger charge is -2.03. The predicted molar refractivity (Wildman–Crippen MR) is 52.4 cm³/mol. The van der Waals surface area contributed by atoms with Gasteiger partial charge < -0.3 is 15.6 Å². The predicted octanol–water partition coefficient (Wildman–Crippen LogP) is -0.566. The number of aromatic nitrogens is 1. The fourth-order valence-electron chi connectivity index (χ4n) is 1.03. The Hall–Kier alpha value is -1.13. The topological polar surface area (TPSA) is 60.1 Å². The molecule has 1 aromatic rings. The van der Waals surface area contributed by atoms with Gasteiger partial charge in [0.1, 0.15) is 0 Å². The lowest BCUT2D eigenvalue weighted by molar-refractivity contribution is 0.690. The van der Waals surface area contributed by atoms with Crippen molar-refractivity contribution in [3.05, 3.63) is 34.2 Å². The van der Waals surface area contributed by atoms with Crippen molar-refractivity contribution in [2.75, 3.05) is 13.1 Å². The third kappa shape index (κ3) is 3.01. The Balaban J connectivity index is 2.58. The van der Waals surface area contributed by atoms with Gasteiger partial charge in [0.05, 0.1) is 0 Å². The monoisotopic (exact) mass is 181 g/mol. The van der Waals surface area contributed by atoms with E-state index in [9.17, 15) is 4.79 Å². The zero-order valence-corrected chi connectivity index (χ0v) is 7.79. The summed E-state index contributed by atoms with van der Waals surface area (Å²) in [7, 11) is 1.74. The van der Waals surface area contributed by atoms with Crippen LogP contribution in [0, 0.1) is 0 Å². The van der Waals surface area contributed by atoms with E-state index in [0.29, 0.717) is 13.1 Å². The first kappa shape index (κ1) is 9.95. The number of pyridine rings is 1. The van der Waals surface area contributed by atoms with E-state index in [-0.39, 0.29) is 5.56 Å². The van der Waals surface area contributed by atoms with E-state index in [2.05, 4.69) is 5.32 Å². The van der Waals surface area contributed by atoms with Gasteiger partial charge in [-0.2, -0.15) is 0 Å². The molecule has 0 spiro atoms. The van der Waals surface area contributed by atoms with E-state index in [0.717, 1.165) is 12.1 Å². The summed E-state index contributed by atoms with van der Waals surface area (Å²) >= 11 is 0. The Morgan fingerprint density at radius 3 is 3.00 bits per heavy atom. The van der Waals surface area contributed by atoms with Crippen LogP contribution >= 0.6 is 0 Å². The first-order chi connectivity index (χ1) is 6.24. The van der Waals surface area contributed by atoms with Gasteiger partial charge in [-0.25, -0.2) is 0 Å². The van der Waals surface area contributed by atoms with E-state index in [1.54, 1.807) is 23.9 Å². The number of aryl methyl sites for hydroxylation is 1. The first-order valence-corrected chi connectivity index (χ1v) is 4.30. The minimum Gasteiger partial charge on any atom is -0.329 e. The Bertz CT molecular complexity index is 319. The molecular formula is C9H15N3O. The SMILES string of the molecule is Cn1ccc(CNCCN)cc1=O. The van der Waals surface area contributed by atoms with Crippen molar-refractivity contribution in [2.24, 2.45) is 12.8 Å². The van der Waals surface area contributed by atoms with E-state index in [4.69, 9.17) is 5.73 Å².